The third-order valence-corrected chi connectivity index (χ3v) is 2.44. The lowest BCUT2D eigenvalue weighted by molar-refractivity contribution is -0.147. The average Bonchev–Trinajstić information content (AvgIpc) is 1.85. The van der Waals surface area contributed by atoms with Crippen molar-refractivity contribution in [2.75, 3.05) is 6.61 Å². The van der Waals surface area contributed by atoms with Crippen LogP contribution in [0.5, 0.6) is 0 Å². The van der Waals surface area contributed by atoms with Crippen LogP contribution >= 0.6 is 0 Å². The minimum Gasteiger partial charge on any atom is -0.466 e. The van der Waals surface area contributed by atoms with E-state index in [1.807, 2.05) is 6.92 Å². The number of carbonyl (C=O) groups excluding carboxylic acids is 1. The minimum absolute atomic E-state index is 0.0327. The zero-order valence-corrected chi connectivity index (χ0v) is 7.35. The van der Waals surface area contributed by atoms with Crippen LogP contribution in [0.1, 0.15) is 39.5 Å². The molecule has 0 amide bonds. The Morgan fingerprint density at radius 1 is 1.55 bits per heavy atom. The summed E-state index contributed by atoms with van der Waals surface area (Å²) in [7, 11) is 0. The van der Waals surface area contributed by atoms with E-state index in [-0.39, 0.29) is 11.4 Å². The van der Waals surface area contributed by atoms with Gasteiger partial charge in [-0.3, -0.25) is 4.79 Å². The van der Waals surface area contributed by atoms with Crippen LogP contribution in [0.25, 0.3) is 0 Å². The second-order valence-corrected chi connectivity index (χ2v) is 3.65. The lowest BCUT2D eigenvalue weighted by Gasteiger charge is -2.37. The van der Waals surface area contributed by atoms with Gasteiger partial charge in [0.05, 0.1) is 13.0 Å². The molecule has 0 radical (unpaired) electrons. The molecule has 0 aliphatic heterocycles. The standard InChI is InChI=1S/C9H16O2/c1-3-11-8(10)7-9(2)5-4-6-9/h3-7H2,1-2H3. The van der Waals surface area contributed by atoms with Crippen molar-refractivity contribution in [2.24, 2.45) is 5.41 Å². The summed E-state index contributed by atoms with van der Waals surface area (Å²) >= 11 is 0. The predicted octanol–water partition coefficient (Wildman–Crippen LogP) is 2.13. The van der Waals surface area contributed by atoms with E-state index in [1.54, 1.807) is 0 Å². The fourth-order valence-electron chi connectivity index (χ4n) is 1.52. The maximum Gasteiger partial charge on any atom is 0.306 e. The first-order valence-electron chi connectivity index (χ1n) is 4.32. The van der Waals surface area contributed by atoms with E-state index in [9.17, 15) is 4.79 Å². The van der Waals surface area contributed by atoms with E-state index >= 15 is 0 Å². The summed E-state index contributed by atoms with van der Waals surface area (Å²) in [5.74, 6) is -0.0327. The average molecular weight is 156 g/mol. The van der Waals surface area contributed by atoms with Gasteiger partial charge < -0.3 is 4.74 Å². The van der Waals surface area contributed by atoms with Crippen LogP contribution in [0.15, 0.2) is 0 Å². The fraction of sp³-hybridized carbons (Fsp3) is 0.889. The van der Waals surface area contributed by atoms with Gasteiger partial charge in [-0.2, -0.15) is 0 Å². The predicted molar refractivity (Wildman–Crippen MR) is 43.2 cm³/mol. The molecule has 0 atom stereocenters. The van der Waals surface area contributed by atoms with E-state index < -0.39 is 0 Å². The van der Waals surface area contributed by atoms with Crippen LogP contribution < -0.4 is 0 Å². The van der Waals surface area contributed by atoms with E-state index in [0.717, 1.165) is 0 Å². The highest BCUT2D eigenvalue weighted by Gasteiger charge is 2.34. The van der Waals surface area contributed by atoms with Crippen LogP contribution in [-0.4, -0.2) is 12.6 Å². The summed E-state index contributed by atoms with van der Waals surface area (Å²) in [6.07, 6.45) is 4.26. The maximum atomic E-state index is 11.0. The van der Waals surface area contributed by atoms with Crippen molar-refractivity contribution in [3.05, 3.63) is 0 Å². The molecule has 64 valence electrons. The van der Waals surface area contributed by atoms with Crippen molar-refractivity contribution in [3.63, 3.8) is 0 Å². The molecule has 1 aliphatic rings. The summed E-state index contributed by atoms with van der Waals surface area (Å²) < 4.78 is 4.87. The largest absolute Gasteiger partial charge is 0.466 e. The fourth-order valence-corrected chi connectivity index (χ4v) is 1.52. The summed E-state index contributed by atoms with van der Waals surface area (Å²) in [5, 5.41) is 0. The summed E-state index contributed by atoms with van der Waals surface area (Å²) in [5.41, 5.74) is 0.270. The summed E-state index contributed by atoms with van der Waals surface area (Å²) in [6, 6.07) is 0. The van der Waals surface area contributed by atoms with Crippen molar-refractivity contribution in [2.45, 2.75) is 39.5 Å². The lowest BCUT2D eigenvalue weighted by Crippen LogP contribution is -2.29. The number of hydrogen-bond acceptors (Lipinski definition) is 2. The third kappa shape index (κ3) is 2.21. The Morgan fingerprint density at radius 2 is 2.18 bits per heavy atom. The van der Waals surface area contributed by atoms with Gasteiger partial charge in [-0.25, -0.2) is 0 Å². The van der Waals surface area contributed by atoms with Gasteiger partial charge in [0, 0.05) is 0 Å². The van der Waals surface area contributed by atoms with Gasteiger partial charge in [0.1, 0.15) is 0 Å². The van der Waals surface area contributed by atoms with E-state index in [4.69, 9.17) is 4.74 Å². The van der Waals surface area contributed by atoms with Crippen molar-refractivity contribution in [1.29, 1.82) is 0 Å². The lowest BCUT2D eigenvalue weighted by atomic mass is 9.68. The number of ether oxygens (including phenoxy) is 1. The number of esters is 1. The second kappa shape index (κ2) is 3.24. The smallest absolute Gasteiger partial charge is 0.306 e. The molecule has 0 aromatic heterocycles. The topological polar surface area (TPSA) is 26.3 Å². The quantitative estimate of drug-likeness (QED) is 0.585. The Balaban J connectivity index is 2.23. The Kier molecular flexibility index (Phi) is 2.53. The minimum atomic E-state index is -0.0327. The van der Waals surface area contributed by atoms with Gasteiger partial charge in [-0.15, -0.1) is 0 Å². The normalized spacial score (nSPS) is 20.5. The van der Waals surface area contributed by atoms with Crippen LogP contribution in [0.3, 0.4) is 0 Å². The summed E-state index contributed by atoms with van der Waals surface area (Å²) in [4.78, 5) is 11.0. The molecule has 0 N–H and O–H groups in total. The molecule has 1 aliphatic carbocycles. The highest BCUT2D eigenvalue weighted by Crippen LogP contribution is 2.43. The molecule has 0 saturated heterocycles. The molecule has 0 aromatic carbocycles. The van der Waals surface area contributed by atoms with Gasteiger partial charge in [0.2, 0.25) is 0 Å². The first-order chi connectivity index (χ1) is 5.16. The van der Waals surface area contributed by atoms with Gasteiger partial charge in [-0.05, 0) is 25.2 Å². The monoisotopic (exact) mass is 156 g/mol. The van der Waals surface area contributed by atoms with E-state index in [2.05, 4.69) is 6.92 Å². The van der Waals surface area contributed by atoms with Crippen molar-refractivity contribution in [3.8, 4) is 0 Å². The Hall–Kier alpha value is -0.530. The Labute approximate surface area is 67.9 Å². The molecule has 0 bridgehead atoms. The molecule has 0 spiro atoms. The molecule has 11 heavy (non-hydrogen) atoms. The SMILES string of the molecule is CCOC(=O)CC1(C)CCC1. The van der Waals surface area contributed by atoms with Crippen LogP contribution in [0.2, 0.25) is 0 Å². The van der Waals surface area contributed by atoms with Gasteiger partial charge in [-0.1, -0.05) is 13.3 Å². The molecule has 0 heterocycles. The first-order valence-corrected chi connectivity index (χ1v) is 4.32. The highest BCUT2D eigenvalue weighted by atomic mass is 16.5. The third-order valence-electron chi connectivity index (χ3n) is 2.44. The molecular formula is C9H16O2. The van der Waals surface area contributed by atoms with Gasteiger partial charge >= 0.3 is 5.97 Å². The number of carbonyl (C=O) groups is 1. The zero-order valence-electron chi connectivity index (χ0n) is 7.35. The molecule has 2 nitrogen and oxygen atoms in total. The molecule has 0 unspecified atom stereocenters. The number of hydrogen-bond donors (Lipinski definition) is 0. The maximum absolute atomic E-state index is 11.0. The Bertz CT molecular complexity index is 148. The molecular weight excluding hydrogens is 140 g/mol. The molecule has 0 aromatic rings. The van der Waals surface area contributed by atoms with Crippen LogP contribution in [0, 0.1) is 5.41 Å². The molecule has 1 saturated carbocycles. The Morgan fingerprint density at radius 3 is 2.55 bits per heavy atom. The number of rotatable bonds is 3. The van der Waals surface area contributed by atoms with Crippen molar-refractivity contribution < 1.29 is 9.53 Å². The van der Waals surface area contributed by atoms with E-state index in [0.29, 0.717) is 13.0 Å². The molecule has 2 heteroatoms. The summed E-state index contributed by atoms with van der Waals surface area (Å²) in [6.45, 7) is 4.52. The van der Waals surface area contributed by atoms with Gasteiger partial charge in [0.15, 0.2) is 0 Å². The van der Waals surface area contributed by atoms with Crippen LogP contribution in [0.4, 0.5) is 0 Å². The van der Waals surface area contributed by atoms with Crippen molar-refractivity contribution in [1.82, 2.24) is 0 Å². The second-order valence-electron chi connectivity index (χ2n) is 3.65. The zero-order chi connectivity index (χ0) is 8.32. The molecule has 1 rings (SSSR count). The molecule has 1 fully saturated rings. The first kappa shape index (κ1) is 8.57. The van der Waals surface area contributed by atoms with Gasteiger partial charge in [0.25, 0.3) is 0 Å². The van der Waals surface area contributed by atoms with Crippen molar-refractivity contribution >= 4 is 5.97 Å². The van der Waals surface area contributed by atoms with Crippen LogP contribution in [-0.2, 0) is 9.53 Å². The van der Waals surface area contributed by atoms with E-state index in [1.165, 1.54) is 19.3 Å². The highest BCUT2D eigenvalue weighted by molar-refractivity contribution is 5.70.